The van der Waals surface area contributed by atoms with Crippen molar-refractivity contribution in [2.24, 2.45) is 0 Å². The van der Waals surface area contributed by atoms with Crippen molar-refractivity contribution in [1.29, 1.82) is 0 Å². The minimum atomic E-state index is -0.877. The van der Waals surface area contributed by atoms with E-state index in [1.54, 1.807) is 12.1 Å². The predicted octanol–water partition coefficient (Wildman–Crippen LogP) is 2.80. The quantitative estimate of drug-likeness (QED) is 0.436. The van der Waals surface area contributed by atoms with Gasteiger partial charge in [0.2, 0.25) is 0 Å². The third-order valence-corrected chi connectivity index (χ3v) is 4.78. The number of hydrogen-bond donors (Lipinski definition) is 1. The van der Waals surface area contributed by atoms with E-state index < -0.39 is 29.3 Å². The number of amides is 1. The molecule has 1 aliphatic rings. The fraction of sp³-hybridized carbons (Fsp3) is 0.333. The van der Waals surface area contributed by atoms with Gasteiger partial charge in [0.05, 0.1) is 18.9 Å². The Kier molecular flexibility index (Phi) is 6.03. The molecule has 3 rings (SSSR count). The number of ketones is 1. The molecule has 2 aromatic rings. The van der Waals surface area contributed by atoms with Gasteiger partial charge in [0, 0.05) is 12.1 Å². The number of likely N-dealkylation sites (tertiary alicyclic amines) is 1. The number of benzene rings is 1. The molecule has 0 bridgehead atoms. The molecule has 1 saturated heterocycles. The second-order valence-corrected chi connectivity index (χ2v) is 7.01. The number of furan rings is 1. The lowest BCUT2D eigenvalue weighted by atomic mass is 9.99. The molecule has 1 aromatic carbocycles. The molecular weight excluding hydrogens is 379 g/mol. The van der Waals surface area contributed by atoms with Crippen LogP contribution in [0.4, 0.5) is 4.39 Å². The maximum atomic E-state index is 14.1. The summed E-state index contributed by atoms with van der Waals surface area (Å²) in [6, 6.07) is 6.24. The molecule has 0 radical (unpaired) electrons. The van der Waals surface area contributed by atoms with Gasteiger partial charge in [-0.15, -0.1) is 0 Å². The average Bonchev–Trinajstić information content (AvgIpc) is 3.29. The molecule has 0 unspecified atom stereocenters. The van der Waals surface area contributed by atoms with Crippen molar-refractivity contribution in [2.45, 2.75) is 12.5 Å². The van der Waals surface area contributed by atoms with E-state index in [0.717, 1.165) is 12.6 Å². The number of hydrogen-bond acceptors (Lipinski definition) is 6. The van der Waals surface area contributed by atoms with E-state index in [0.29, 0.717) is 18.7 Å². The fourth-order valence-electron chi connectivity index (χ4n) is 3.38. The van der Waals surface area contributed by atoms with Crippen LogP contribution in [0.25, 0.3) is 5.76 Å². The standard InChI is InChI=1S/C21H23FN2O5/c1-23(2)9-5-10-24-18(16-6-4-11-29-16)17(20(26)21(24)27)19(25)13-7-8-15(28-3)14(22)12-13/h4,6-8,11-12,18,25H,5,9-10H2,1-3H3/t18-/m1/s1. The molecular formula is C21H23FN2O5. The van der Waals surface area contributed by atoms with Crippen molar-refractivity contribution in [3.05, 3.63) is 59.3 Å². The number of nitrogens with zero attached hydrogens (tertiary/aromatic N) is 2. The van der Waals surface area contributed by atoms with Gasteiger partial charge in [0.1, 0.15) is 17.6 Å². The Morgan fingerprint density at radius 3 is 2.66 bits per heavy atom. The van der Waals surface area contributed by atoms with Gasteiger partial charge in [-0.25, -0.2) is 4.39 Å². The number of ether oxygens (including phenoxy) is 1. The van der Waals surface area contributed by atoms with Crippen molar-refractivity contribution in [2.75, 3.05) is 34.3 Å². The molecule has 2 heterocycles. The molecule has 1 aromatic heterocycles. The van der Waals surface area contributed by atoms with Gasteiger partial charge in [-0.1, -0.05) is 0 Å². The number of methoxy groups -OCH3 is 1. The first-order valence-electron chi connectivity index (χ1n) is 9.15. The Morgan fingerprint density at radius 2 is 2.07 bits per heavy atom. The van der Waals surface area contributed by atoms with Gasteiger partial charge >= 0.3 is 0 Å². The van der Waals surface area contributed by atoms with Crippen molar-refractivity contribution >= 4 is 17.4 Å². The average molecular weight is 402 g/mol. The molecule has 29 heavy (non-hydrogen) atoms. The summed E-state index contributed by atoms with van der Waals surface area (Å²) in [5.74, 6) is -2.34. The summed E-state index contributed by atoms with van der Waals surface area (Å²) in [6.45, 7) is 1.03. The number of Topliss-reactive ketones (excluding diaryl/α,β-unsaturated/α-hetero) is 1. The highest BCUT2D eigenvalue weighted by Crippen LogP contribution is 2.40. The molecule has 8 heteroatoms. The lowest BCUT2D eigenvalue weighted by Gasteiger charge is -2.24. The van der Waals surface area contributed by atoms with Crippen molar-refractivity contribution in [3.63, 3.8) is 0 Å². The van der Waals surface area contributed by atoms with Crippen LogP contribution in [-0.2, 0) is 9.59 Å². The zero-order valence-electron chi connectivity index (χ0n) is 16.5. The number of carbonyl (C=O) groups is 2. The van der Waals surface area contributed by atoms with Crippen LogP contribution in [0, 0.1) is 5.82 Å². The van der Waals surface area contributed by atoms with Crippen LogP contribution >= 0.6 is 0 Å². The molecule has 7 nitrogen and oxygen atoms in total. The zero-order chi connectivity index (χ0) is 21.1. The molecule has 0 spiro atoms. The van der Waals surface area contributed by atoms with E-state index in [1.807, 2.05) is 19.0 Å². The fourth-order valence-corrected chi connectivity index (χ4v) is 3.38. The molecule has 1 amide bonds. The summed E-state index contributed by atoms with van der Waals surface area (Å²) in [5, 5.41) is 10.8. The summed E-state index contributed by atoms with van der Waals surface area (Å²) < 4.78 is 24.5. The molecule has 1 atom stereocenters. The highest BCUT2D eigenvalue weighted by molar-refractivity contribution is 6.46. The maximum absolute atomic E-state index is 14.1. The highest BCUT2D eigenvalue weighted by Gasteiger charge is 2.47. The van der Waals surface area contributed by atoms with Crippen LogP contribution in [0.3, 0.4) is 0 Å². The third kappa shape index (κ3) is 4.02. The molecule has 1 aliphatic heterocycles. The van der Waals surface area contributed by atoms with E-state index in [4.69, 9.17) is 9.15 Å². The minimum Gasteiger partial charge on any atom is -0.507 e. The number of halogens is 1. The summed E-state index contributed by atoms with van der Waals surface area (Å²) in [4.78, 5) is 28.8. The minimum absolute atomic E-state index is 0.00766. The largest absolute Gasteiger partial charge is 0.507 e. The van der Waals surface area contributed by atoms with E-state index in [2.05, 4.69) is 0 Å². The van der Waals surface area contributed by atoms with Gasteiger partial charge in [0.25, 0.3) is 11.7 Å². The van der Waals surface area contributed by atoms with Crippen LogP contribution in [0.2, 0.25) is 0 Å². The van der Waals surface area contributed by atoms with Crippen LogP contribution < -0.4 is 4.74 Å². The number of aliphatic hydroxyl groups excluding tert-OH is 1. The summed E-state index contributed by atoms with van der Waals surface area (Å²) in [5.41, 5.74) is -0.0504. The zero-order valence-corrected chi connectivity index (χ0v) is 16.5. The van der Waals surface area contributed by atoms with Gasteiger partial charge in [-0.05, 0) is 57.4 Å². The second kappa shape index (κ2) is 8.48. The van der Waals surface area contributed by atoms with Gasteiger partial charge in [0.15, 0.2) is 11.6 Å². The Balaban J connectivity index is 2.05. The van der Waals surface area contributed by atoms with Crippen molar-refractivity contribution in [1.82, 2.24) is 9.80 Å². The first-order chi connectivity index (χ1) is 13.8. The molecule has 154 valence electrons. The topological polar surface area (TPSA) is 83.2 Å². The van der Waals surface area contributed by atoms with Crippen LogP contribution in [0.1, 0.15) is 23.8 Å². The maximum Gasteiger partial charge on any atom is 0.295 e. The summed E-state index contributed by atoms with van der Waals surface area (Å²) in [7, 11) is 5.15. The first kappa shape index (κ1) is 20.6. The van der Waals surface area contributed by atoms with E-state index >= 15 is 0 Å². The molecule has 1 N–H and O–H groups in total. The Hall–Kier alpha value is -3.13. The van der Waals surface area contributed by atoms with Crippen LogP contribution in [0.15, 0.2) is 46.6 Å². The number of aliphatic hydroxyl groups is 1. The lowest BCUT2D eigenvalue weighted by Crippen LogP contribution is -2.32. The molecule has 1 fully saturated rings. The van der Waals surface area contributed by atoms with Gasteiger partial charge < -0.3 is 24.1 Å². The lowest BCUT2D eigenvalue weighted by molar-refractivity contribution is -0.140. The van der Waals surface area contributed by atoms with Gasteiger partial charge in [-0.2, -0.15) is 0 Å². The van der Waals surface area contributed by atoms with Gasteiger partial charge in [-0.3, -0.25) is 9.59 Å². The Morgan fingerprint density at radius 1 is 1.31 bits per heavy atom. The Labute approximate surface area is 168 Å². The normalized spacial score (nSPS) is 18.7. The third-order valence-electron chi connectivity index (χ3n) is 4.78. The molecule has 0 saturated carbocycles. The second-order valence-electron chi connectivity index (χ2n) is 7.01. The van der Waals surface area contributed by atoms with Crippen LogP contribution in [0.5, 0.6) is 5.75 Å². The highest BCUT2D eigenvalue weighted by atomic mass is 19.1. The SMILES string of the molecule is COc1ccc(C(O)=C2C(=O)C(=O)N(CCCN(C)C)[C@@H]2c2ccco2)cc1F. The predicted molar refractivity (Wildman–Crippen MR) is 104 cm³/mol. The first-order valence-corrected chi connectivity index (χ1v) is 9.15. The van der Waals surface area contributed by atoms with E-state index in [9.17, 15) is 19.1 Å². The Bertz CT molecular complexity index is 937. The summed E-state index contributed by atoms with van der Waals surface area (Å²) >= 11 is 0. The monoisotopic (exact) mass is 402 g/mol. The van der Waals surface area contributed by atoms with Crippen LogP contribution in [-0.4, -0.2) is 60.9 Å². The van der Waals surface area contributed by atoms with Crippen molar-refractivity contribution in [3.8, 4) is 5.75 Å². The summed E-state index contributed by atoms with van der Waals surface area (Å²) in [6.07, 6.45) is 2.07. The number of carbonyl (C=O) groups excluding carboxylic acids is 2. The van der Waals surface area contributed by atoms with Crippen molar-refractivity contribution < 1.29 is 28.2 Å². The van der Waals surface area contributed by atoms with E-state index in [1.165, 1.54) is 30.4 Å². The number of rotatable bonds is 7. The van der Waals surface area contributed by atoms with E-state index in [-0.39, 0.29) is 16.9 Å². The molecule has 0 aliphatic carbocycles. The smallest absolute Gasteiger partial charge is 0.295 e.